The van der Waals surface area contributed by atoms with Gasteiger partial charge in [-0.2, -0.15) is 0 Å². The van der Waals surface area contributed by atoms with E-state index in [4.69, 9.17) is 25.2 Å². The molecule has 4 aromatic carbocycles. The molecule has 0 aliphatic rings. The van der Waals surface area contributed by atoms with Crippen LogP contribution in [0.15, 0.2) is 78.6 Å². The number of halogens is 12. The van der Waals surface area contributed by atoms with E-state index in [1.54, 1.807) is 12.1 Å². The van der Waals surface area contributed by atoms with Gasteiger partial charge in [0.1, 0.15) is 29.0 Å². The fourth-order valence-corrected chi connectivity index (χ4v) is 4.77. The van der Waals surface area contributed by atoms with Crippen LogP contribution in [0.3, 0.4) is 0 Å². The fraction of sp³-hybridized carbons (Fsp3) is 0.257. The van der Waals surface area contributed by atoms with Crippen LogP contribution in [0, 0.1) is 30.7 Å². The molecule has 0 amide bonds. The van der Waals surface area contributed by atoms with E-state index < -0.39 is 11.6 Å². The van der Waals surface area contributed by atoms with Crippen molar-refractivity contribution in [1.29, 1.82) is 0 Å². The van der Waals surface area contributed by atoms with Crippen molar-refractivity contribution in [2.24, 2.45) is 0 Å². The van der Waals surface area contributed by atoms with Gasteiger partial charge in [-0.1, -0.05) is 91.2 Å². The molecule has 4 N–H and O–H groups in total. The third kappa shape index (κ3) is 28.7. The summed E-state index contributed by atoms with van der Waals surface area (Å²) in [5.41, 5.74) is 1.68. The minimum atomic E-state index is -0.614. The predicted molar refractivity (Wildman–Crippen MR) is 256 cm³/mol. The first-order valence-corrected chi connectivity index (χ1v) is 32.8. The van der Waals surface area contributed by atoms with E-state index in [9.17, 15) is 22.4 Å². The van der Waals surface area contributed by atoms with Crippen LogP contribution in [0.1, 0.15) is 53.4 Å². The number of carbonyl (C=O) groups excluding carboxylic acids is 1. The molecule has 54 heavy (non-hydrogen) atoms. The number of rotatable bonds is 6. The SMILES string of the molecule is CC.CCI.COc1cc(F)ccc1Br.O=Cc1cc(Br)c(CO)cc1F.OCc1cc(Br)c(CO)cc1F.OCc1cc(F)ccc1Br.[CH3-].[I][V]([I])[I]. The van der Waals surface area contributed by atoms with Gasteiger partial charge in [0, 0.05) is 25.0 Å². The van der Waals surface area contributed by atoms with Crippen LogP contribution < -0.4 is 4.74 Å². The van der Waals surface area contributed by atoms with Crippen molar-refractivity contribution in [2.75, 3.05) is 11.5 Å². The molecule has 0 aliphatic carbocycles. The first kappa shape index (κ1) is 62.0. The van der Waals surface area contributed by atoms with Crippen LogP contribution in [0.4, 0.5) is 17.6 Å². The Morgan fingerprint density at radius 2 is 1.02 bits per heavy atom. The zero-order valence-corrected chi connectivity index (χ0v) is 45.8. The molecule has 0 aliphatic heterocycles. The summed E-state index contributed by atoms with van der Waals surface area (Å²) in [6, 6.07) is 13.6. The molecule has 0 atom stereocenters. The van der Waals surface area contributed by atoms with Crippen molar-refractivity contribution in [3.8, 4) is 5.75 Å². The molecule has 0 bridgehead atoms. The van der Waals surface area contributed by atoms with Gasteiger partial charge < -0.3 is 32.6 Å². The summed E-state index contributed by atoms with van der Waals surface area (Å²) in [5, 5.41) is 34.8. The summed E-state index contributed by atoms with van der Waals surface area (Å²) in [6.07, 6.45) is 0.432. The Bertz CT molecular complexity index is 1540. The summed E-state index contributed by atoms with van der Waals surface area (Å²) < 4.78 is 59.3. The molecule has 19 heteroatoms. The summed E-state index contributed by atoms with van der Waals surface area (Å²) in [7, 11) is 1.50. The van der Waals surface area contributed by atoms with Crippen LogP contribution in [0.5, 0.6) is 5.75 Å². The van der Waals surface area contributed by atoms with Gasteiger partial charge in [-0.15, -0.1) is 0 Å². The van der Waals surface area contributed by atoms with Crippen LogP contribution in [0.2, 0.25) is 0 Å². The Labute approximate surface area is 400 Å². The third-order valence-corrected chi connectivity index (χ3v) is 8.22. The molecule has 0 saturated carbocycles. The predicted octanol–water partition coefficient (Wildman–Crippen LogP) is 13.7. The maximum atomic E-state index is 12.9. The third-order valence-electron chi connectivity index (χ3n) is 5.31. The molecule has 0 saturated heterocycles. The molecule has 0 spiro atoms. The van der Waals surface area contributed by atoms with Crippen molar-refractivity contribution in [1.82, 2.24) is 0 Å². The summed E-state index contributed by atoms with van der Waals surface area (Å²) in [5.74, 6) is -1.21. The number of hydrogen-bond acceptors (Lipinski definition) is 6. The molecule has 4 aromatic rings. The molecule has 0 heterocycles. The monoisotopic (exact) mass is 1510 g/mol. The maximum absolute atomic E-state index is 12.9. The van der Waals surface area contributed by atoms with Gasteiger partial charge in [-0.05, 0) is 91.6 Å². The molecule has 0 aromatic heterocycles. The molecular weight excluding hydrogens is 1470 g/mol. The number of hydrogen-bond donors (Lipinski definition) is 4. The van der Waals surface area contributed by atoms with Crippen LogP contribution in [-0.4, -0.2) is 38.2 Å². The molecule has 4 rings (SSSR count). The standard InChI is InChI=1S/C8H8BrFO2.C8H6BrFO2.2C7H6BrFO.C2H5I.C2H6.CH3.3HI.V/c2*9-7-1-6(4-12)8(10)2-5(7)3-11;1-10-7-4-5(9)2-3-6(7)8;8-7-2-1-6(9)3-5(7)4-10;1-2-3;1-2;;;;;/h1-2,11-12H,3-4H2;1-2,4,11H,3H2;2-4H,1H3;1-3,10H,4H2;2H2,1H3;1-2H3;1H3;3*1H;/q;;;;;;-1;;;;+3/p-3. The number of aldehydes is 1. The first-order chi connectivity index (χ1) is 25.0. The van der Waals surface area contributed by atoms with Gasteiger partial charge in [0.25, 0.3) is 0 Å². The Balaban J connectivity index is -0.000000286. The van der Waals surface area contributed by atoms with Gasteiger partial charge in [-0.25, -0.2) is 17.6 Å². The van der Waals surface area contributed by atoms with Gasteiger partial charge in [0.2, 0.25) is 0 Å². The van der Waals surface area contributed by atoms with Gasteiger partial charge in [0.05, 0.1) is 43.6 Å². The zero-order chi connectivity index (χ0) is 41.7. The first-order valence-electron chi connectivity index (χ1n) is 14.6. The summed E-state index contributed by atoms with van der Waals surface area (Å²) in [4.78, 5) is 9.98. The summed E-state index contributed by atoms with van der Waals surface area (Å²) >= 11 is 22.3. The Kier molecular flexibility index (Phi) is 44.2. The van der Waals surface area contributed by atoms with Gasteiger partial charge >= 0.3 is 64.9 Å². The number of aliphatic hydroxyl groups excluding tert-OH is 4. The zero-order valence-electron chi connectivity index (χ0n) is 29.5. The topological polar surface area (TPSA) is 107 Å². The van der Waals surface area contributed by atoms with E-state index in [0.29, 0.717) is 37.7 Å². The fourth-order valence-electron chi connectivity index (χ4n) is 2.98. The number of alkyl halides is 1. The van der Waals surface area contributed by atoms with E-state index >= 15 is 0 Å². The van der Waals surface area contributed by atoms with E-state index in [-0.39, 0.29) is 61.5 Å². The van der Waals surface area contributed by atoms with Crippen LogP contribution in [0.25, 0.3) is 0 Å². The second-order valence-corrected chi connectivity index (χ2v) is 49.0. The number of aliphatic hydroxyl groups is 4. The van der Waals surface area contributed by atoms with Crippen LogP contribution in [-0.2, 0) is 31.3 Å². The Morgan fingerprint density at radius 1 is 0.648 bits per heavy atom. The number of methoxy groups -OCH3 is 1. The molecule has 6 nitrogen and oxygen atoms in total. The van der Waals surface area contributed by atoms with Crippen molar-refractivity contribution >= 4 is 153 Å². The van der Waals surface area contributed by atoms with E-state index in [2.05, 4.69) is 153 Å². The Hall–Kier alpha value is 1.33. The normalized spacial score (nSPS) is 9.20. The van der Waals surface area contributed by atoms with E-state index in [0.717, 1.165) is 15.0 Å². The molecule has 0 radical (unpaired) electrons. The number of benzene rings is 4. The van der Waals surface area contributed by atoms with Crippen molar-refractivity contribution in [3.63, 3.8) is 0 Å². The number of ether oxygens (including phenoxy) is 1. The summed E-state index contributed by atoms with van der Waals surface area (Å²) in [6.45, 7) is 5.16. The molecule has 306 valence electrons. The average molecular weight is 1510 g/mol. The number of carbonyl (C=O) groups is 1. The Morgan fingerprint density at radius 3 is 1.39 bits per heavy atom. The molecule has 0 unspecified atom stereocenters. The van der Waals surface area contributed by atoms with Crippen molar-refractivity contribution in [3.05, 3.63) is 137 Å². The van der Waals surface area contributed by atoms with E-state index in [1.807, 2.05) is 13.8 Å². The second kappa shape index (κ2) is 38.5. The van der Waals surface area contributed by atoms with Gasteiger partial charge in [-0.3, -0.25) is 4.79 Å². The van der Waals surface area contributed by atoms with Gasteiger partial charge in [0.15, 0.2) is 6.29 Å². The van der Waals surface area contributed by atoms with E-state index in [1.165, 1.54) is 54.0 Å². The minimum absolute atomic E-state index is 0. The molecular formula is C35H40Br4F4I4O6V-. The van der Waals surface area contributed by atoms with Crippen molar-refractivity contribution < 1.29 is 52.4 Å². The quantitative estimate of drug-likeness (QED) is 0.0504. The molecule has 0 fully saturated rings. The van der Waals surface area contributed by atoms with Crippen LogP contribution >= 0.6 is 146 Å². The van der Waals surface area contributed by atoms with Crippen molar-refractivity contribution in [2.45, 2.75) is 47.2 Å². The second-order valence-electron chi connectivity index (χ2n) is 8.72. The average Bonchev–Trinajstić information content (AvgIpc) is 3.13.